The summed E-state index contributed by atoms with van der Waals surface area (Å²) in [4.78, 5) is 11.9. The molecule has 3 N–H and O–H groups in total. The monoisotopic (exact) mass is 296 g/mol. The largest absolute Gasteiger partial charge is 0.435 e. The van der Waals surface area contributed by atoms with Gasteiger partial charge < -0.3 is 15.8 Å². The Morgan fingerprint density at radius 1 is 1.43 bits per heavy atom. The molecule has 6 nitrogen and oxygen atoms in total. The summed E-state index contributed by atoms with van der Waals surface area (Å²) < 4.78 is 29.7. The fourth-order valence-electron chi connectivity index (χ4n) is 1.69. The Morgan fingerprint density at radius 2 is 2.10 bits per heavy atom. The van der Waals surface area contributed by atoms with Crippen LogP contribution in [0.3, 0.4) is 0 Å². The van der Waals surface area contributed by atoms with E-state index >= 15 is 0 Å². The van der Waals surface area contributed by atoms with Gasteiger partial charge in [-0.2, -0.15) is 13.9 Å². The van der Waals surface area contributed by atoms with Gasteiger partial charge in [0.15, 0.2) is 0 Å². The molecule has 0 radical (unpaired) electrons. The zero-order chi connectivity index (χ0) is 15.4. The molecule has 2 aromatic rings. The van der Waals surface area contributed by atoms with E-state index < -0.39 is 6.61 Å². The number of carbonyl (C=O) groups is 1. The summed E-state index contributed by atoms with van der Waals surface area (Å²) in [5.41, 5.74) is 6.79. The van der Waals surface area contributed by atoms with Crippen molar-refractivity contribution in [3.63, 3.8) is 0 Å². The molecule has 2 rings (SSSR count). The molecule has 0 unspecified atom stereocenters. The number of alkyl halides is 2. The van der Waals surface area contributed by atoms with E-state index in [1.165, 1.54) is 28.9 Å². The Labute approximate surface area is 119 Å². The van der Waals surface area contributed by atoms with E-state index in [1.807, 2.05) is 0 Å². The van der Waals surface area contributed by atoms with Gasteiger partial charge in [-0.15, -0.1) is 0 Å². The van der Waals surface area contributed by atoms with E-state index in [-0.39, 0.29) is 18.2 Å². The maximum absolute atomic E-state index is 12.0. The summed E-state index contributed by atoms with van der Waals surface area (Å²) in [5, 5.41) is 6.63. The van der Waals surface area contributed by atoms with E-state index in [9.17, 15) is 13.6 Å². The lowest BCUT2D eigenvalue weighted by Gasteiger charge is -2.07. The number of aromatic nitrogens is 2. The van der Waals surface area contributed by atoms with Crippen LogP contribution in [-0.4, -0.2) is 22.3 Å². The van der Waals surface area contributed by atoms with Crippen LogP contribution in [0.5, 0.6) is 5.75 Å². The molecule has 1 amide bonds. The third-order valence-electron chi connectivity index (χ3n) is 2.85. The van der Waals surface area contributed by atoms with Crippen molar-refractivity contribution >= 4 is 11.7 Å². The third kappa shape index (κ3) is 3.68. The van der Waals surface area contributed by atoms with Gasteiger partial charge in [0.05, 0.1) is 6.20 Å². The molecule has 0 saturated carbocycles. The van der Waals surface area contributed by atoms with Crippen LogP contribution in [0.15, 0.2) is 30.5 Å². The van der Waals surface area contributed by atoms with Crippen LogP contribution in [0.25, 0.3) is 0 Å². The summed E-state index contributed by atoms with van der Waals surface area (Å²) in [7, 11) is 1.70. The molecule has 0 bridgehead atoms. The van der Waals surface area contributed by atoms with Crippen LogP contribution in [-0.2, 0) is 13.6 Å². The Hall–Kier alpha value is -2.64. The highest BCUT2D eigenvalue weighted by Crippen LogP contribution is 2.15. The number of nitrogens with one attached hydrogen (secondary N) is 1. The topological polar surface area (TPSA) is 82.2 Å². The van der Waals surface area contributed by atoms with Crippen LogP contribution in [0.4, 0.5) is 14.6 Å². The number of nitrogens with two attached hydrogens (primary N) is 1. The van der Waals surface area contributed by atoms with Crippen LogP contribution < -0.4 is 15.8 Å². The van der Waals surface area contributed by atoms with Gasteiger partial charge in [0.1, 0.15) is 11.6 Å². The number of carbonyl (C=O) groups excluding carboxylic acids is 1. The van der Waals surface area contributed by atoms with Crippen molar-refractivity contribution in [3.8, 4) is 5.75 Å². The molecule has 0 spiro atoms. The number of rotatable bonds is 5. The minimum Gasteiger partial charge on any atom is -0.435 e. The lowest BCUT2D eigenvalue weighted by atomic mass is 10.2. The van der Waals surface area contributed by atoms with Gasteiger partial charge in [-0.3, -0.25) is 9.48 Å². The van der Waals surface area contributed by atoms with E-state index in [4.69, 9.17) is 5.73 Å². The Morgan fingerprint density at radius 3 is 2.62 bits per heavy atom. The maximum atomic E-state index is 12.0. The second-order valence-electron chi connectivity index (χ2n) is 4.26. The van der Waals surface area contributed by atoms with Crippen LogP contribution in [0.1, 0.15) is 15.9 Å². The van der Waals surface area contributed by atoms with Crippen LogP contribution in [0.2, 0.25) is 0 Å². The summed E-state index contributed by atoms with van der Waals surface area (Å²) >= 11 is 0. The molecule has 112 valence electrons. The number of ether oxygens (including phenoxy) is 1. The zero-order valence-corrected chi connectivity index (χ0v) is 11.2. The van der Waals surface area contributed by atoms with Gasteiger partial charge in [-0.1, -0.05) is 0 Å². The second-order valence-corrected chi connectivity index (χ2v) is 4.26. The van der Waals surface area contributed by atoms with Crippen molar-refractivity contribution in [1.29, 1.82) is 0 Å². The number of nitrogen functional groups attached to an aromatic ring is 1. The molecule has 0 saturated heterocycles. The van der Waals surface area contributed by atoms with Crippen molar-refractivity contribution in [2.45, 2.75) is 13.2 Å². The molecule has 1 heterocycles. The van der Waals surface area contributed by atoms with E-state index in [0.717, 1.165) is 0 Å². The predicted octanol–water partition coefficient (Wildman–Crippen LogP) is 1.53. The number of nitrogens with zero attached hydrogens (tertiary/aromatic N) is 2. The standard InChI is InChI=1S/C13H14F2N4O2/c1-19-11(16)9(7-18-19)6-17-12(20)8-2-4-10(5-3-8)21-13(14)15/h2-5,7,13H,6,16H2,1H3,(H,17,20). The molecule has 21 heavy (non-hydrogen) atoms. The highest BCUT2D eigenvalue weighted by atomic mass is 19.3. The summed E-state index contributed by atoms with van der Waals surface area (Å²) in [6.07, 6.45) is 1.56. The van der Waals surface area contributed by atoms with Crippen molar-refractivity contribution in [3.05, 3.63) is 41.6 Å². The van der Waals surface area contributed by atoms with Gasteiger partial charge in [-0.25, -0.2) is 0 Å². The average Bonchev–Trinajstić information content (AvgIpc) is 2.76. The predicted molar refractivity (Wildman–Crippen MR) is 71.9 cm³/mol. The number of aryl methyl sites for hydroxylation is 1. The zero-order valence-electron chi connectivity index (χ0n) is 11.2. The van der Waals surface area contributed by atoms with Gasteiger partial charge >= 0.3 is 6.61 Å². The summed E-state index contributed by atoms with van der Waals surface area (Å²) in [6, 6.07) is 5.41. The number of amides is 1. The van der Waals surface area contributed by atoms with Gasteiger partial charge in [0, 0.05) is 24.7 Å². The SMILES string of the molecule is Cn1ncc(CNC(=O)c2ccc(OC(F)F)cc2)c1N. The molecule has 0 fully saturated rings. The van der Waals surface area contributed by atoms with Crippen molar-refractivity contribution < 1.29 is 18.3 Å². The van der Waals surface area contributed by atoms with Crippen molar-refractivity contribution in [2.24, 2.45) is 7.05 Å². The summed E-state index contributed by atoms with van der Waals surface area (Å²) in [5.74, 6) is 0.121. The van der Waals surface area contributed by atoms with E-state index in [0.29, 0.717) is 16.9 Å². The van der Waals surface area contributed by atoms with Crippen LogP contribution >= 0.6 is 0 Å². The van der Waals surface area contributed by atoms with Crippen molar-refractivity contribution in [2.75, 3.05) is 5.73 Å². The first-order valence-corrected chi connectivity index (χ1v) is 6.07. The first-order chi connectivity index (χ1) is 9.97. The lowest BCUT2D eigenvalue weighted by Crippen LogP contribution is -2.23. The highest BCUT2D eigenvalue weighted by Gasteiger charge is 2.10. The Bertz CT molecular complexity index is 626. The molecular weight excluding hydrogens is 282 g/mol. The smallest absolute Gasteiger partial charge is 0.387 e. The molecule has 1 aromatic carbocycles. The van der Waals surface area contributed by atoms with Gasteiger partial charge in [-0.05, 0) is 24.3 Å². The van der Waals surface area contributed by atoms with E-state index in [1.54, 1.807) is 13.2 Å². The minimum atomic E-state index is -2.89. The number of hydrogen-bond donors (Lipinski definition) is 2. The Kier molecular flexibility index (Phi) is 4.36. The molecule has 0 aliphatic carbocycles. The second kappa shape index (κ2) is 6.21. The van der Waals surface area contributed by atoms with E-state index in [2.05, 4.69) is 15.2 Å². The van der Waals surface area contributed by atoms with Gasteiger partial charge in [0.2, 0.25) is 0 Å². The average molecular weight is 296 g/mol. The molecule has 1 aromatic heterocycles. The molecular formula is C13H14F2N4O2. The molecule has 0 aliphatic heterocycles. The number of benzene rings is 1. The first kappa shape index (κ1) is 14.8. The third-order valence-corrected chi connectivity index (χ3v) is 2.85. The molecule has 0 atom stereocenters. The fraction of sp³-hybridized carbons (Fsp3) is 0.231. The van der Waals surface area contributed by atoms with Gasteiger partial charge in [0.25, 0.3) is 5.91 Å². The van der Waals surface area contributed by atoms with Crippen molar-refractivity contribution in [1.82, 2.24) is 15.1 Å². The highest BCUT2D eigenvalue weighted by molar-refractivity contribution is 5.94. The summed E-state index contributed by atoms with van der Waals surface area (Å²) in [6.45, 7) is -2.66. The molecule has 0 aliphatic rings. The number of halogens is 2. The molecule has 8 heteroatoms. The first-order valence-electron chi connectivity index (χ1n) is 6.07. The number of anilines is 1. The minimum absolute atomic E-state index is 0.00180. The quantitative estimate of drug-likeness (QED) is 0.876. The van der Waals surface area contributed by atoms with Crippen LogP contribution in [0, 0.1) is 0 Å². The maximum Gasteiger partial charge on any atom is 0.387 e. The lowest BCUT2D eigenvalue weighted by molar-refractivity contribution is -0.0498. The normalized spacial score (nSPS) is 10.7. The fourth-order valence-corrected chi connectivity index (χ4v) is 1.69. The number of hydrogen-bond acceptors (Lipinski definition) is 4. The Balaban J connectivity index is 1.95.